The highest BCUT2D eigenvalue weighted by molar-refractivity contribution is 9.10. The van der Waals surface area contributed by atoms with Crippen molar-refractivity contribution in [3.05, 3.63) is 28.2 Å². The average molecular weight is 279 g/mol. The Morgan fingerprint density at radius 1 is 1.56 bits per heavy atom. The van der Waals surface area contributed by atoms with Crippen LogP contribution in [0, 0.1) is 17.2 Å². The smallest absolute Gasteiger partial charge is 0.0992 e. The molecule has 1 N–H and O–H groups in total. The van der Waals surface area contributed by atoms with E-state index in [0.29, 0.717) is 11.6 Å². The van der Waals surface area contributed by atoms with Gasteiger partial charge in [0.1, 0.15) is 0 Å². The highest BCUT2D eigenvalue weighted by Crippen LogP contribution is 2.38. The van der Waals surface area contributed by atoms with Crippen LogP contribution < -0.4 is 5.32 Å². The molecule has 2 rings (SSSR count). The van der Waals surface area contributed by atoms with Gasteiger partial charge in [-0.1, -0.05) is 13.3 Å². The molecule has 0 aromatic heterocycles. The van der Waals surface area contributed by atoms with Gasteiger partial charge < -0.3 is 5.32 Å². The fourth-order valence-corrected chi connectivity index (χ4v) is 2.51. The third-order valence-electron chi connectivity index (χ3n) is 3.02. The van der Waals surface area contributed by atoms with Gasteiger partial charge in [-0.05, 0) is 52.9 Å². The Kier molecular flexibility index (Phi) is 3.50. The first-order valence-corrected chi connectivity index (χ1v) is 6.50. The minimum absolute atomic E-state index is 0.629. The van der Waals surface area contributed by atoms with Gasteiger partial charge in [0.15, 0.2) is 0 Å². The summed E-state index contributed by atoms with van der Waals surface area (Å²) < 4.78 is 0.980. The lowest BCUT2D eigenvalue weighted by Crippen LogP contribution is -2.05. The van der Waals surface area contributed by atoms with Crippen LogP contribution in [-0.4, -0.2) is 6.04 Å². The van der Waals surface area contributed by atoms with E-state index in [1.54, 1.807) is 0 Å². The van der Waals surface area contributed by atoms with Crippen LogP contribution in [0.1, 0.15) is 31.7 Å². The van der Waals surface area contributed by atoms with E-state index in [1.807, 2.05) is 18.2 Å². The van der Waals surface area contributed by atoms with Crippen molar-refractivity contribution in [1.82, 2.24) is 0 Å². The van der Waals surface area contributed by atoms with E-state index in [-0.39, 0.29) is 0 Å². The predicted molar refractivity (Wildman–Crippen MR) is 69.3 cm³/mol. The Morgan fingerprint density at radius 2 is 2.38 bits per heavy atom. The fraction of sp³-hybridized carbons (Fsp3) is 0.462. The molecule has 2 nitrogen and oxygen atoms in total. The SMILES string of the molecule is CCCC1CC1Nc1ccc(C#N)cc1Br. The van der Waals surface area contributed by atoms with Crippen LogP contribution in [-0.2, 0) is 0 Å². The normalized spacial score (nSPS) is 22.6. The van der Waals surface area contributed by atoms with E-state index in [4.69, 9.17) is 5.26 Å². The maximum absolute atomic E-state index is 8.77. The zero-order valence-electron chi connectivity index (χ0n) is 9.33. The molecule has 1 aromatic carbocycles. The molecule has 0 saturated heterocycles. The summed E-state index contributed by atoms with van der Waals surface area (Å²) in [6, 6.07) is 8.45. The largest absolute Gasteiger partial charge is 0.381 e. The first-order valence-electron chi connectivity index (χ1n) is 5.70. The Balaban J connectivity index is 1.99. The fourth-order valence-electron chi connectivity index (χ4n) is 2.02. The van der Waals surface area contributed by atoms with Crippen LogP contribution in [0.25, 0.3) is 0 Å². The molecule has 1 aliphatic carbocycles. The molecule has 84 valence electrons. The summed E-state index contributed by atoms with van der Waals surface area (Å²) in [4.78, 5) is 0. The molecule has 0 bridgehead atoms. The van der Waals surface area contributed by atoms with Crippen molar-refractivity contribution in [1.29, 1.82) is 5.26 Å². The third kappa shape index (κ3) is 2.56. The zero-order chi connectivity index (χ0) is 11.5. The van der Waals surface area contributed by atoms with Gasteiger partial charge in [0.05, 0.1) is 11.6 Å². The van der Waals surface area contributed by atoms with Gasteiger partial charge in [0.25, 0.3) is 0 Å². The number of nitrogens with zero attached hydrogens (tertiary/aromatic N) is 1. The maximum atomic E-state index is 8.77. The molecular weight excluding hydrogens is 264 g/mol. The van der Waals surface area contributed by atoms with Crippen molar-refractivity contribution in [2.45, 2.75) is 32.2 Å². The minimum Gasteiger partial charge on any atom is -0.381 e. The van der Waals surface area contributed by atoms with Crippen molar-refractivity contribution < 1.29 is 0 Å². The summed E-state index contributed by atoms with van der Waals surface area (Å²) in [6.07, 6.45) is 3.85. The molecule has 1 fully saturated rings. The number of anilines is 1. The maximum Gasteiger partial charge on any atom is 0.0992 e. The number of rotatable bonds is 4. The lowest BCUT2D eigenvalue weighted by molar-refractivity contribution is 0.693. The summed E-state index contributed by atoms with van der Waals surface area (Å²) in [5.74, 6) is 0.840. The van der Waals surface area contributed by atoms with Crippen LogP contribution in [0.2, 0.25) is 0 Å². The van der Waals surface area contributed by atoms with Gasteiger partial charge in [0, 0.05) is 16.2 Å². The van der Waals surface area contributed by atoms with Gasteiger partial charge in [-0.25, -0.2) is 0 Å². The lowest BCUT2D eigenvalue weighted by Gasteiger charge is -2.08. The van der Waals surface area contributed by atoms with E-state index in [2.05, 4.69) is 34.2 Å². The van der Waals surface area contributed by atoms with Gasteiger partial charge in [0.2, 0.25) is 0 Å². The van der Waals surface area contributed by atoms with Gasteiger partial charge in [-0.3, -0.25) is 0 Å². The molecule has 0 heterocycles. The van der Waals surface area contributed by atoms with Crippen molar-refractivity contribution in [2.75, 3.05) is 5.32 Å². The molecule has 2 unspecified atom stereocenters. The molecule has 1 aromatic rings. The second-order valence-corrected chi connectivity index (χ2v) is 5.20. The standard InChI is InChI=1S/C13H15BrN2/c1-2-3-10-7-13(10)16-12-5-4-9(8-15)6-11(12)14/h4-6,10,13,16H,2-3,7H2,1H3. The number of hydrogen-bond donors (Lipinski definition) is 1. The number of nitrogens with one attached hydrogen (secondary N) is 1. The van der Waals surface area contributed by atoms with Crippen LogP contribution in [0.3, 0.4) is 0 Å². The van der Waals surface area contributed by atoms with Crippen LogP contribution >= 0.6 is 15.9 Å². The molecule has 0 aliphatic heterocycles. The highest BCUT2D eigenvalue weighted by atomic mass is 79.9. The molecular formula is C13H15BrN2. The summed E-state index contributed by atoms with van der Waals surface area (Å²) in [6.45, 7) is 2.23. The lowest BCUT2D eigenvalue weighted by atomic mass is 10.2. The third-order valence-corrected chi connectivity index (χ3v) is 3.68. The average Bonchev–Trinajstić information content (AvgIpc) is 3.00. The monoisotopic (exact) mass is 278 g/mol. The van der Waals surface area contributed by atoms with Crippen molar-refractivity contribution in [3.8, 4) is 6.07 Å². The van der Waals surface area contributed by atoms with Crippen LogP contribution in [0.5, 0.6) is 0 Å². The summed E-state index contributed by atoms with van der Waals surface area (Å²) >= 11 is 3.49. The summed E-state index contributed by atoms with van der Waals surface area (Å²) in [5, 5.41) is 12.3. The molecule has 0 amide bonds. The van der Waals surface area contributed by atoms with Crippen molar-refractivity contribution in [3.63, 3.8) is 0 Å². The number of hydrogen-bond acceptors (Lipinski definition) is 2. The van der Waals surface area contributed by atoms with Crippen molar-refractivity contribution >= 4 is 21.6 Å². The molecule has 2 atom stereocenters. The van der Waals surface area contributed by atoms with Crippen LogP contribution in [0.15, 0.2) is 22.7 Å². The minimum atomic E-state index is 0.629. The van der Waals surface area contributed by atoms with E-state index < -0.39 is 0 Å². The van der Waals surface area contributed by atoms with E-state index in [1.165, 1.54) is 19.3 Å². The first kappa shape index (κ1) is 11.5. The van der Waals surface area contributed by atoms with Gasteiger partial charge in [-0.2, -0.15) is 5.26 Å². The Morgan fingerprint density at radius 3 is 3.00 bits per heavy atom. The number of nitriles is 1. The molecule has 0 spiro atoms. The predicted octanol–water partition coefficient (Wildman–Crippen LogP) is 3.92. The molecule has 16 heavy (non-hydrogen) atoms. The molecule has 0 radical (unpaired) electrons. The Bertz CT molecular complexity index is 422. The second-order valence-electron chi connectivity index (χ2n) is 4.34. The van der Waals surface area contributed by atoms with Crippen molar-refractivity contribution in [2.24, 2.45) is 5.92 Å². The Hall–Kier alpha value is -1.01. The highest BCUT2D eigenvalue weighted by Gasteiger charge is 2.36. The molecule has 1 saturated carbocycles. The Labute approximate surface area is 105 Å². The number of halogens is 1. The molecule has 1 aliphatic rings. The van der Waals surface area contributed by atoms with Crippen LogP contribution in [0.4, 0.5) is 5.69 Å². The summed E-state index contributed by atoms with van der Waals surface area (Å²) in [5.41, 5.74) is 1.79. The topological polar surface area (TPSA) is 35.8 Å². The van der Waals surface area contributed by atoms with E-state index in [0.717, 1.165) is 16.1 Å². The molecule has 3 heteroatoms. The zero-order valence-corrected chi connectivity index (χ0v) is 10.9. The van der Waals surface area contributed by atoms with Gasteiger partial charge in [-0.15, -0.1) is 0 Å². The van der Waals surface area contributed by atoms with Gasteiger partial charge >= 0.3 is 0 Å². The first-order chi connectivity index (χ1) is 7.74. The van der Waals surface area contributed by atoms with E-state index in [9.17, 15) is 0 Å². The number of benzene rings is 1. The van der Waals surface area contributed by atoms with E-state index >= 15 is 0 Å². The summed E-state index contributed by atoms with van der Waals surface area (Å²) in [7, 11) is 0. The second kappa shape index (κ2) is 4.88. The quantitative estimate of drug-likeness (QED) is 0.906.